The first-order valence-corrected chi connectivity index (χ1v) is 10.2. The monoisotopic (exact) mass is 349 g/mol. The lowest BCUT2D eigenvalue weighted by molar-refractivity contribution is 0.0775. The van der Waals surface area contributed by atoms with Gasteiger partial charge in [0.1, 0.15) is 11.6 Å². The highest BCUT2D eigenvalue weighted by Crippen LogP contribution is 2.27. The first kappa shape index (κ1) is 18.8. The number of piperidine rings is 2. The number of unbranched alkanes of at least 4 members (excludes halogenated alkanes) is 2. The Morgan fingerprint density at radius 3 is 2.32 bits per heavy atom. The molecule has 2 aliphatic heterocycles. The van der Waals surface area contributed by atoms with Crippen LogP contribution in [-0.4, -0.2) is 68.5 Å². The van der Waals surface area contributed by atoms with Crippen molar-refractivity contribution in [2.45, 2.75) is 70.4 Å². The van der Waals surface area contributed by atoms with Crippen LogP contribution in [0.5, 0.6) is 0 Å². The van der Waals surface area contributed by atoms with E-state index in [2.05, 4.69) is 38.5 Å². The molecule has 0 bridgehead atoms. The van der Waals surface area contributed by atoms with E-state index in [0.29, 0.717) is 5.92 Å². The lowest BCUT2D eigenvalue weighted by atomic mass is 9.95. The molecule has 1 aromatic rings. The van der Waals surface area contributed by atoms with Gasteiger partial charge >= 0.3 is 0 Å². The Labute approximate surface area is 152 Å². The molecule has 6 nitrogen and oxygen atoms in total. The maximum Gasteiger partial charge on any atom is 0.146 e. The van der Waals surface area contributed by atoms with Gasteiger partial charge in [-0.15, -0.1) is 10.2 Å². The minimum absolute atomic E-state index is 0.117. The van der Waals surface area contributed by atoms with Gasteiger partial charge in [0.05, 0.1) is 12.6 Å². The fraction of sp³-hybridized carbons (Fsp3) is 0.895. The van der Waals surface area contributed by atoms with E-state index in [0.717, 1.165) is 38.3 Å². The molecule has 0 amide bonds. The van der Waals surface area contributed by atoms with E-state index in [4.69, 9.17) is 0 Å². The second kappa shape index (κ2) is 9.10. The van der Waals surface area contributed by atoms with E-state index < -0.39 is 0 Å². The summed E-state index contributed by atoms with van der Waals surface area (Å²) in [4.78, 5) is 5.00. The Balaban J connectivity index is 1.50. The summed E-state index contributed by atoms with van der Waals surface area (Å²) in [6, 6.07) is 0. The average molecular weight is 350 g/mol. The van der Waals surface area contributed by atoms with Gasteiger partial charge in [0.25, 0.3) is 0 Å². The van der Waals surface area contributed by atoms with Crippen LogP contribution in [0, 0.1) is 0 Å². The summed E-state index contributed by atoms with van der Waals surface area (Å²) in [5, 5.41) is 18.7. The summed E-state index contributed by atoms with van der Waals surface area (Å²) in [5.41, 5.74) is 0. The lowest BCUT2D eigenvalue weighted by Crippen LogP contribution is -2.36. The van der Waals surface area contributed by atoms with Gasteiger partial charge in [-0.1, -0.05) is 19.8 Å². The second-order valence-electron chi connectivity index (χ2n) is 7.86. The molecule has 0 aliphatic carbocycles. The van der Waals surface area contributed by atoms with E-state index in [1.54, 1.807) is 0 Å². The summed E-state index contributed by atoms with van der Waals surface area (Å²) in [6.07, 6.45) is 8.02. The molecule has 1 N–H and O–H groups in total. The van der Waals surface area contributed by atoms with Crippen molar-refractivity contribution in [3.05, 3.63) is 11.6 Å². The van der Waals surface area contributed by atoms with Crippen LogP contribution >= 0.6 is 0 Å². The summed E-state index contributed by atoms with van der Waals surface area (Å²) in [5.74, 6) is 2.79. The predicted octanol–water partition coefficient (Wildman–Crippen LogP) is 2.14. The first-order valence-electron chi connectivity index (χ1n) is 10.2. The smallest absolute Gasteiger partial charge is 0.146 e. The van der Waals surface area contributed by atoms with Gasteiger partial charge in [-0.05, 0) is 51.7 Å². The van der Waals surface area contributed by atoms with E-state index in [1.807, 2.05) is 0 Å². The Kier molecular flexibility index (Phi) is 6.84. The molecule has 0 spiro atoms. The number of likely N-dealkylation sites (tertiary alicyclic amines) is 2. The fourth-order valence-corrected chi connectivity index (χ4v) is 4.15. The molecule has 25 heavy (non-hydrogen) atoms. The van der Waals surface area contributed by atoms with Crippen molar-refractivity contribution in [2.24, 2.45) is 7.05 Å². The van der Waals surface area contributed by atoms with Crippen molar-refractivity contribution < 1.29 is 5.11 Å². The highest BCUT2D eigenvalue weighted by Gasteiger charge is 2.26. The number of aromatic nitrogens is 3. The topological polar surface area (TPSA) is 57.4 Å². The maximum absolute atomic E-state index is 9.65. The SMILES string of the molecule is CCCCCN1CCC(c2nnc(CN3CCC(O)CC3)n2C)CC1. The van der Waals surface area contributed by atoms with Crippen LogP contribution in [0.1, 0.15) is 69.4 Å². The van der Waals surface area contributed by atoms with Gasteiger partial charge in [-0.3, -0.25) is 4.90 Å². The van der Waals surface area contributed by atoms with E-state index in [9.17, 15) is 5.11 Å². The van der Waals surface area contributed by atoms with Gasteiger partial charge in [-0.2, -0.15) is 0 Å². The zero-order valence-electron chi connectivity index (χ0n) is 16.0. The molecule has 0 radical (unpaired) electrons. The molecule has 2 saturated heterocycles. The molecular formula is C19H35N5O. The third-order valence-corrected chi connectivity index (χ3v) is 5.95. The molecule has 1 aromatic heterocycles. The molecule has 0 atom stereocenters. The van der Waals surface area contributed by atoms with Crippen LogP contribution in [0.25, 0.3) is 0 Å². The minimum Gasteiger partial charge on any atom is -0.393 e. The Morgan fingerprint density at radius 1 is 0.960 bits per heavy atom. The van der Waals surface area contributed by atoms with Gasteiger partial charge < -0.3 is 14.6 Å². The number of aliphatic hydroxyl groups is 1. The average Bonchev–Trinajstić information content (AvgIpc) is 2.98. The highest BCUT2D eigenvalue weighted by atomic mass is 16.3. The maximum atomic E-state index is 9.65. The van der Waals surface area contributed by atoms with Crippen molar-refractivity contribution >= 4 is 0 Å². The Bertz CT molecular complexity index is 516. The Hall–Kier alpha value is -0.980. The van der Waals surface area contributed by atoms with Crippen molar-refractivity contribution in [3.8, 4) is 0 Å². The molecule has 0 saturated carbocycles. The third-order valence-electron chi connectivity index (χ3n) is 5.95. The molecule has 2 aliphatic rings. The van der Waals surface area contributed by atoms with Crippen molar-refractivity contribution in [2.75, 3.05) is 32.7 Å². The van der Waals surface area contributed by atoms with Crippen LogP contribution in [-0.2, 0) is 13.6 Å². The molecule has 0 aromatic carbocycles. The number of hydrogen-bond donors (Lipinski definition) is 1. The quantitative estimate of drug-likeness (QED) is 0.765. The molecule has 142 valence electrons. The van der Waals surface area contributed by atoms with Crippen LogP contribution in [0.2, 0.25) is 0 Å². The number of nitrogens with zero attached hydrogens (tertiary/aromatic N) is 5. The van der Waals surface area contributed by atoms with Crippen molar-refractivity contribution in [1.29, 1.82) is 0 Å². The highest BCUT2D eigenvalue weighted by molar-refractivity contribution is 5.03. The molecule has 3 rings (SSSR count). The van der Waals surface area contributed by atoms with Crippen LogP contribution in [0.15, 0.2) is 0 Å². The standard InChI is InChI=1S/C19H35N5O/c1-3-4-5-10-23-11-6-16(7-12-23)19-21-20-18(22(19)2)15-24-13-8-17(25)9-14-24/h16-17,25H,3-15H2,1-2H3. The third kappa shape index (κ3) is 5.02. The number of rotatable bonds is 7. The minimum atomic E-state index is -0.117. The normalized spacial score (nSPS) is 21.9. The Morgan fingerprint density at radius 2 is 1.64 bits per heavy atom. The fourth-order valence-electron chi connectivity index (χ4n) is 4.15. The molecule has 3 heterocycles. The van der Waals surface area contributed by atoms with Crippen molar-refractivity contribution in [3.63, 3.8) is 0 Å². The molecule has 6 heteroatoms. The zero-order chi connectivity index (χ0) is 17.6. The summed E-state index contributed by atoms with van der Waals surface area (Å²) < 4.78 is 2.22. The van der Waals surface area contributed by atoms with Crippen LogP contribution in [0.4, 0.5) is 0 Å². The molecular weight excluding hydrogens is 314 g/mol. The van der Waals surface area contributed by atoms with E-state index in [-0.39, 0.29) is 6.10 Å². The summed E-state index contributed by atoms with van der Waals surface area (Å²) >= 11 is 0. The van der Waals surface area contributed by atoms with E-state index >= 15 is 0 Å². The van der Waals surface area contributed by atoms with Crippen molar-refractivity contribution in [1.82, 2.24) is 24.6 Å². The number of aliphatic hydroxyl groups excluding tert-OH is 1. The van der Waals surface area contributed by atoms with Gasteiger partial charge in [0.15, 0.2) is 0 Å². The number of hydrogen-bond acceptors (Lipinski definition) is 5. The van der Waals surface area contributed by atoms with E-state index in [1.165, 1.54) is 57.6 Å². The largest absolute Gasteiger partial charge is 0.393 e. The first-order chi connectivity index (χ1) is 12.2. The lowest BCUT2D eigenvalue weighted by Gasteiger charge is -2.31. The second-order valence-corrected chi connectivity index (χ2v) is 7.86. The predicted molar refractivity (Wildman–Crippen MR) is 99.5 cm³/mol. The summed E-state index contributed by atoms with van der Waals surface area (Å²) in [7, 11) is 2.12. The van der Waals surface area contributed by atoms with Gasteiger partial charge in [-0.25, -0.2) is 0 Å². The molecule has 2 fully saturated rings. The summed E-state index contributed by atoms with van der Waals surface area (Å²) in [6.45, 7) is 8.68. The molecule has 0 unspecified atom stereocenters. The van der Waals surface area contributed by atoms with Gasteiger partial charge in [0, 0.05) is 26.1 Å². The zero-order valence-corrected chi connectivity index (χ0v) is 16.0. The van der Waals surface area contributed by atoms with Crippen LogP contribution < -0.4 is 0 Å². The van der Waals surface area contributed by atoms with Gasteiger partial charge in [0.2, 0.25) is 0 Å². The van der Waals surface area contributed by atoms with Crippen LogP contribution in [0.3, 0.4) is 0 Å².